The third-order valence-corrected chi connectivity index (χ3v) is 3.69. The summed E-state index contributed by atoms with van der Waals surface area (Å²) in [4.78, 5) is 0. The normalized spacial score (nSPS) is 15.9. The SMILES string of the molecule is OB1OCCc2ccccc21.OB1OCc2ccccc21. The average molecular weight is 282 g/mol. The average Bonchev–Trinajstić information content (AvgIpc) is 2.91. The van der Waals surface area contributed by atoms with E-state index >= 15 is 0 Å². The summed E-state index contributed by atoms with van der Waals surface area (Å²) in [6.07, 6.45) is 0.910. The van der Waals surface area contributed by atoms with Crippen LogP contribution in [0.3, 0.4) is 0 Å². The van der Waals surface area contributed by atoms with Gasteiger partial charge in [-0.2, -0.15) is 0 Å². The van der Waals surface area contributed by atoms with Crippen LogP contribution in [0.15, 0.2) is 48.5 Å². The number of fused-ring (bicyclic) bond motifs is 2. The third-order valence-electron chi connectivity index (χ3n) is 3.69. The van der Waals surface area contributed by atoms with Gasteiger partial charge < -0.3 is 19.4 Å². The Hall–Kier alpha value is -1.59. The lowest BCUT2D eigenvalue weighted by Crippen LogP contribution is -2.40. The molecule has 2 aromatic carbocycles. The zero-order valence-electron chi connectivity index (χ0n) is 11.6. The number of benzene rings is 2. The Morgan fingerprint density at radius 1 is 0.762 bits per heavy atom. The maximum Gasteiger partial charge on any atom is 0.491 e. The lowest BCUT2D eigenvalue weighted by atomic mass is 9.74. The van der Waals surface area contributed by atoms with Crippen LogP contribution in [0.2, 0.25) is 0 Å². The molecule has 0 bridgehead atoms. The van der Waals surface area contributed by atoms with Crippen molar-refractivity contribution in [3.63, 3.8) is 0 Å². The fraction of sp³-hybridized carbons (Fsp3) is 0.200. The van der Waals surface area contributed by atoms with Gasteiger partial charge in [-0.1, -0.05) is 48.5 Å². The van der Waals surface area contributed by atoms with Crippen molar-refractivity contribution >= 4 is 25.2 Å². The topological polar surface area (TPSA) is 58.9 Å². The van der Waals surface area contributed by atoms with Crippen LogP contribution in [-0.4, -0.2) is 30.9 Å². The first-order chi connectivity index (χ1) is 10.3. The maximum absolute atomic E-state index is 9.34. The van der Waals surface area contributed by atoms with Gasteiger partial charge in [-0.15, -0.1) is 0 Å². The van der Waals surface area contributed by atoms with Crippen LogP contribution >= 0.6 is 0 Å². The molecule has 21 heavy (non-hydrogen) atoms. The summed E-state index contributed by atoms with van der Waals surface area (Å²) in [6, 6.07) is 15.5. The monoisotopic (exact) mass is 282 g/mol. The lowest BCUT2D eigenvalue weighted by Gasteiger charge is -2.17. The van der Waals surface area contributed by atoms with Crippen molar-refractivity contribution in [2.24, 2.45) is 0 Å². The molecule has 0 aliphatic carbocycles. The number of hydrogen-bond acceptors (Lipinski definition) is 4. The largest absolute Gasteiger partial charge is 0.491 e. The first kappa shape index (κ1) is 14.4. The molecule has 0 unspecified atom stereocenters. The van der Waals surface area contributed by atoms with E-state index in [1.165, 1.54) is 5.56 Å². The molecule has 4 nitrogen and oxygen atoms in total. The van der Waals surface area contributed by atoms with E-state index in [-0.39, 0.29) is 0 Å². The molecule has 2 aromatic rings. The third kappa shape index (κ3) is 3.19. The summed E-state index contributed by atoms with van der Waals surface area (Å²) in [5.41, 5.74) is 4.11. The van der Waals surface area contributed by atoms with Crippen molar-refractivity contribution in [3.05, 3.63) is 59.7 Å². The van der Waals surface area contributed by atoms with Crippen molar-refractivity contribution in [2.45, 2.75) is 13.0 Å². The molecule has 2 heterocycles. The highest BCUT2D eigenvalue weighted by atomic mass is 16.5. The first-order valence-electron chi connectivity index (χ1n) is 7.00. The Labute approximate surface area is 124 Å². The Morgan fingerprint density at radius 2 is 1.33 bits per heavy atom. The minimum absolute atomic E-state index is 0.539. The van der Waals surface area contributed by atoms with Crippen LogP contribution in [-0.2, 0) is 22.3 Å². The number of hydrogen-bond donors (Lipinski definition) is 2. The van der Waals surface area contributed by atoms with Gasteiger partial charge in [-0.3, -0.25) is 0 Å². The Bertz CT molecular complexity index is 620. The molecule has 2 aliphatic heterocycles. The molecule has 106 valence electrons. The smallest absolute Gasteiger partial charge is 0.423 e. The number of rotatable bonds is 0. The summed E-state index contributed by atoms with van der Waals surface area (Å²) in [6.45, 7) is 1.16. The van der Waals surface area contributed by atoms with Crippen LogP contribution in [0, 0.1) is 0 Å². The minimum Gasteiger partial charge on any atom is -0.423 e. The van der Waals surface area contributed by atoms with Gasteiger partial charge in [0.1, 0.15) is 0 Å². The standard InChI is InChI=1S/C8H9BO2.C7H7BO2/c10-9-8-4-2-1-3-7(8)5-6-11-9;9-8-7-4-2-1-3-6(7)5-10-8/h1-4,10H,5-6H2;1-4,9H,5H2. The van der Waals surface area contributed by atoms with Gasteiger partial charge in [0.05, 0.1) is 6.61 Å². The van der Waals surface area contributed by atoms with Crippen molar-refractivity contribution in [3.8, 4) is 0 Å². The van der Waals surface area contributed by atoms with E-state index in [2.05, 4.69) is 0 Å². The zero-order chi connectivity index (χ0) is 14.7. The quantitative estimate of drug-likeness (QED) is 0.660. The molecule has 0 amide bonds. The van der Waals surface area contributed by atoms with Crippen LogP contribution < -0.4 is 10.9 Å². The van der Waals surface area contributed by atoms with E-state index in [0.29, 0.717) is 13.2 Å². The molecule has 2 aliphatic rings. The van der Waals surface area contributed by atoms with Gasteiger partial charge in [-0.05, 0) is 28.5 Å². The molecule has 0 aromatic heterocycles. The first-order valence-corrected chi connectivity index (χ1v) is 7.00. The highest BCUT2D eigenvalue weighted by molar-refractivity contribution is 6.61. The molecule has 2 N–H and O–H groups in total. The molecule has 0 saturated heterocycles. The Balaban J connectivity index is 0.000000126. The fourth-order valence-corrected chi connectivity index (χ4v) is 2.54. The van der Waals surface area contributed by atoms with Crippen molar-refractivity contribution in [2.75, 3.05) is 6.61 Å². The van der Waals surface area contributed by atoms with E-state index < -0.39 is 14.2 Å². The van der Waals surface area contributed by atoms with Gasteiger partial charge >= 0.3 is 14.2 Å². The molecular formula is C15H16B2O4. The summed E-state index contributed by atoms with van der Waals surface area (Å²) in [5, 5.41) is 18.5. The van der Waals surface area contributed by atoms with E-state index in [1.807, 2.05) is 48.5 Å². The van der Waals surface area contributed by atoms with Crippen LogP contribution in [0.4, 0.5) is 0 Å². The van der Waals surface area contributed by atoms with Crippen molar-refractivity contribution in [1.82, 2.24) is 0 Å². The van der Waals surface area contributed by atoms with E-state index in [4.69, 9.17) is 14.3 Å². The molecule has 6 heteroatoms. The second kappa shape index (κ2) is 6.45. The summed E-state index contributed by atoms with van der Waals surface area (Å²) >= 11 is 0. The predicted octanol–water partition coefficient (Wildman–Crippen LogP) is -0.149. The maximum atomic E-state index is 9.34. The molecule has 0 radical (unpaired) electrons. The lowest BCUT2D eigenvalue weighted by molar-refractivity contribution is 0.266. The fourth-order valence-electron chi connectivity index (χ4n) is 2.54. The van der Waals surface area contributed by atoms with E-state index in [1.54, 1.807) is 0 Å². The predicted molar refractivity (Wildman–Crippen MR) is 82.5 cm³/mol. The second-order valence-corrected chi connectivity index (χ2v) is 5.03. The minimum atomic E-state index is -0.708. The van der Waals surface area contributed by atoms with Crippen LogP contribution in [0.5, 0.6) is 0 Å². The highest BCUT2D eigenvalue weighted by Gasteiger charge is 2.25. The molecular weight excluding hydrogens is 266 g/mol. The molecule has 0 spiro atoms. The molecule has 0 atom stereocenters. The van der Waals surface area contributed by atoms with Crippen LogP contribution in [0.1, 0.15) is 11.1 Å². The molecule has 0 saturated carbocycles. The molecule has 4 rings (SSSR count). The summed E-state index contributed by atoms with van der Waals surface area (Å²) in [7, 11) is -1.41. The van der Waals surface area contributed by atoms with Crippen LogP contribution in [0.25, 0.3) is 0 Å². The summed E-state index contributed by atoms with van der Waals surface area (Å²) in [5.74, 6) is 0. The zero-order valence-corrected chi connectivity index (χ0v) is 11.6. The Morgan fingerprint density at radius 3 is 2.00 bits per heavy atom. The van der Waals surface area contributed by atoms with E-state index in [9.17, 15) is 5.02 Å². The van der Waals surface area contributed by atoms with Gasteiger partial charge in [0.25, 0.3) is 0 Å². The highest BCUT2D eigenvalue weighted by Crippen LogP contribution is 2.07. The van der Waals surface area contributed by atoms with Gasteiger partial charge in [0.15, 0.2) is 0 Å². The van der Waals surface area contributed by atoms with Crippen molar-refractivity contribution in [1.29, 1.82) is 0 Å². The van der Waals surface area contributed by atoms with Gasteiger partial charge in [0, 0.05) is 6.61 Å². The molecule has 0 fully saturated rings. The van der Waals surface area contributed by atoms with Gasteiger partial charge in [0.2, 0.25) is 0 Å². The van der Waals surface area contributed by atoms with Gasteiger partial charge in [-0.25, -0.2) is 0 Å². The van der Waals surface area contributed by atoms with E-state index in [0.717, 1.165) is 22.9 Å². The second-order valence-electron chi connectivity index (χ2n) is 5.03. The Kier molecular flexibility index (Phi) is 4.41. The summed E-state index contributed by atoms with van der Waals surface area (Å²) < 4.78 is 10.0. The van der Waals surface area contributed by atoms with Crippen molar-refractivity contribution < 1.29 is 19.4 Å².